The van der Waals surface area contributed by atoms with Crippen molar-refractivity contribution >= 4 is 0 Å². The summed E-state index contributed by atoms with van der Waals surface area (Å²) in [6, 6.07) is 4.63. The fourth-order valence-corrected chi connectivity index (χ4v) is 3.00. The molecule has 1 aromatic heterocycles. The van der Waals surface area contributed by atoms with Crippen LogP contribution >= 0.6 is 0 Å². The first kappa shape index (κ1) is 9.28. The Balaban J connectivity index is 1.85. The Morgan fingerprint density at radius 1 is 1.33 bits per heavy atom. The molecule has 15 heavy (non-hydrogen) atoms. The summed E-state index contributed by atoms with van der Waals surface area (Å²) in [7, 11) is 0. The van der Waals surface area contributed by atoms with Gasteiger partial charge in [0.25, 0.3) is 0 Å². The lowest BCUT2D eigenvalue weighted by molar-refractivity contribution is 0.397. The SMILES string of the molecule is Fc1ccc([C@H]2C[C@H]3CCC[C@@H]2N3)cn1. The van der Waals surface area contributed by atoms with E-state index >= 15 is 0 Å². The van der Waals surface area contributed by atoms with Crippen LogP contribution in [0.5, 0.6) is 0 Å². The molecule has 3 heteroatoms. The molecule has 2 aliphatic rings. The number of hydrogen-bond donors (Lipinski definition) is 1. The molecule has 2 nitrogen and oxygen atoms in total. The van der Waals surface area contributed by atoms with Crippen LogP contribution in [0.3, 0.4) is 0 Å². The summed E-state index contributed by atoms with van der Waals surface area (Å²) in [6.07, 6.45) is 6.76. The molecule has 3 atom stereocenters. The van der Waals surface area contributed by atoms with Crippen molar-refractivity contribution in [2.45, 2.75) is 43.7 Å². The van der Waals surface area contributed by atoms with Gasteiger partial charge in [0.05, 0.1) is 0 Å². The van der Waals surface area contributed by atoms with E-state index in [1.165, 1.54) is 37.3 Å². The highest BCUT2D eigenvalue weighted by Crippen LogP contribution is 2.37. The molecule has 3 rings (SSSR count). The molecule has 0 aromatic carbocycles. The maximum atomic E-state index is 12.7. The van der Waals surface area contributed by atoms with Crippen LogP contribution in [0, 0.1) is 5.95 Å². The molecule has 2 fully saturated rings. The number of aromatic nitrogens is 1. The van der Waals surface area contributed by atoms with Gasteiger partial charge in [-0.05, 0) is 30.9 Å². The normalized spacial score (nSPS) is 34.3. The van der Waals surface area contributed by atoms with Gasteiger partial charge in [-0.15, -0.1) is 0 Å². The van der Waals surface area contributed by atoms with Gasteiger partial charge in [-0.1, -0.05) is 12.5 Å². The van der Waals surface area contributed by atoms with Gasteiger partial charge >= 0.3 is 0 Å². The van der Waals surface area contributed by atoms with E-state index in [9.17, 15) is 4.39 Å². The lowest BCUT2D eigenvalue weighted by Gasteiger charge is -2.22. The zero-order valence-corrected chi connectivity index (χ0v) is 8.62. The van der Waals surface area contributed by atoms with Crippen LogP contribution in [0.25, 0.3) is 0 Å². The van der Waals surface area contributed by atoms with E-state index in [2.05, 4.69) is 10.3 Å². The molecule has 0 unspecified atom stereocenters. The third-order valence-electron chi connectivity index (χ3n) is 3.72. The molecule has 0 aliphatic carbocycles. The highest BCUT2D eigenvalue weighted by molar-refractivity contribution is 5.21. The molecule has 0 amide bonds. The van der Waals surface area contributed by atoms with Gasteiger partial charge in [0, 0.05) is 24.2 Å². The van der Waals surface area contributed by atoms with Gasteiger partial charge in [-0.3, -0.25) is 0 Å². The van der Waals surface area contributed by atoms with E-state index in [0.29, 0.717) is 18.0 Å². The van der Waals surface area contributed by atoms with Gasteiger partial charge in [0.2, 0.25) is 5.95 Å². The van der Waals surface area contributed by atoms with E-state index in [4.69, 9.17) is 0 Å². The molecule has 1 aromatic rings. The van der Waals surface area contributed by atoms with Crippen LogP contribution in [-0.4, -0.2) is 17.1 Å². The van der Waals surface area contributed by atoms with Gasteiger partial charge in [0.1, 0.15) is 0 Å². The van der Waals surface area contributed by atoms with E-state index in [0.717, 1.165) is 0 Å². The number of pyridine rings is 1. The summed E-state index contributed by atoms with van der Waals surface area (Å²) in [4.78, 5) is 3.74. The number of halogens is 1. The van der Waals surface area contributed by atoms with Crippen LogP contribution in [0.15, 0.2) is 18.3 Å². The quantitative estimate of drug-likeness (QED) is 0.713. The largest absolute Gasteiger partial charge is 0.311 e. The van der Waals surface area contributed by atoms with Crippen LogP contribution in [0.1, 0.15) is 37.2 Å². The van der Waals surface area contributed by atoms with E-state index in [-0.39, 0.29) is 5.95 Å². The third-order valence-corrected chi connectivity index (χ3v) is 3.72. The summed E-state index contributed by atoms with van der Waals surface area (Å²) >= 11 is 0. The number of rotatable bonds is 1. The smallest absolute Gasteiger partial charge is 0.212 e. The van der Waals surface area contributed by atoms with Crippen molar-refractivity contribution in [3.8, 4) is 0 Å². The third kappa shape index (κ3) is 1.65. The Morgan fingerprint density at radius 3 is 3.00 bits per heavy atom. The van der Waals surface area contributed by atoms with Gasteiger partial charge in [0.15, 0.2) is 0 Å². The van der Waals surface area contributed by atoms with Gasteiger partial charge in [-0.2, -0.15) is 4.39 Å². The Hall–Kier alpha value is -0.960. The van der Waals surface area contributed by atoms with Crippen LogP contribution in [0.2, 0.25) is 0 Å². The van der Waals surface area contributed by atoms with Crippen molar-refractivity contribution in [3.05, 3.63) is 29.8 Å². The molecule has 80 valence electrons. The molecule has 0 spiro atoms. The first-order valence-electron chi connectivity index (χ1n) is 5.70. The fourth-order valence-electron chi connectivity index (χ4n) is 3.00. The Morgan fingerprint density at radius 2 is 2.27 bits per heavy atom. The zero-order valence-electron chi connectivity index (χ0n) is 8.62. The second-order valence-corrected chi connectivity index (χ2v) is 4.66. The van der Waals surface area contributed by atoms with Crippen LogP contribution in [-0.2, 0) is 0 Å². The average Bonchev–Trinajstić information content (AvgIpc) is 2.55. The fraction of sp³-hybridized carbons (Fsp3) is 0.583. The molecule has 2 aliphatic heterocycles. The zero-order chi connectivity index (χ0) is 10.3. The first-order valence-corrected chi connectivity index (χ1v) is 5.70. The summed E-state index contributed by atoms with van der Waals surface area (Å²) in [5, 5.41) is 3.63. The van der Waals surface area contributed by atoms with Crippen molar-refractivity contribution < 1.29 is 4.39 Å². The van der Waals surface area contributed by atoms with Crippen molar-refractivity contribution in [2.75, 3.05) is 0 Å². The molecule has 0 radical (unpaired) electrons. The molecular formula is C12H15FN2. The number of fused-ring (bicyclic) bond motifs is 2. The second-order valence-electron chi connectivity index (χ2n) is 4.66. The van der Waals surface area contributed by atoms with Crippen molar-refractivity contribution in [3.63, 3.8) is 0 Å². The van der Waals surface area contributed by atoms with E-state index in [1.807, 2.05) is 6.07 Å². The topological polar surface area (TPSA) is 24.9 Å². The minimum atomic E-state index is -0.382. The number of piperidine rings is 1. The first-order chi connectivity index (χ1) is 7.33. The van der Waals surface area contributed by atoms with Gasteiger partial charge in [-0.25, -0.2) is 4.98 Å². The summed E-state index contributed by atoms with van der Waals surface area (Å²) in [5.41, 5.74) is 1.19. The van der Waals surface area contributed by atoms with Gasteiger partial charge < -0.3 is 5.32 Å². The van der Waals surface area contributed by atoms with Crippen LogP contribution in [0.4, 0.5) is 4.39 Å². The summed E-state index contributed by atoms with van der Waals surface area (Å²) < 4.78 is 12.7. The lowest BCUT2D eigenvalue weighted by atomic mass is 9.92. The summed E-state index contributed by atoms with van der Waals surface area (Å²) in [5.74, 6) is 0.165. The molecule has 0 saturated carbocycles. The minimum Gasteiger partial charge on any atom is -0.311 e. The predicted molar refractivity (Wildman–Crippen MR) is 56.1 cm³/mol. The number of nitrogens with one attached hydrogen (secondary N) is 1. The number of hydrogen-bond acceptors (Lipinski definition) is 2. The Labute approximate surface area is 88.9 Å². The lowest BCUT2D eigenvalue weighted by Crippen LogP contribution is -2.34. The van der Waals surface area contributed by atoms with Crippen molar-refractivity contribution in [2.24, 2.45) is 0 Å². The molecule has 3 heterocycles. The Kier molecular flexibility index (Phi) is 2.20. The van der Waals surface area contributed by atoms with Crippen molar-refractivity contribution in [1.82, 2.24) is 10.3 Å². The second kappa shape index (κ2) is 3.56. The maximum absolute atomic E-state index is 12.7. The number of nitrogens with zero attached hydrogens (tertiary/aromatic N) is 1. The molecule has 2 bridgehead atoms. The van der Waals surface area contributed by atoms with E-state index in [1.54, 1.807) is 6.20 Å². The molecule has 2 saturated heterocycles. The maximum Gasteiger partial charge on any atom is 0.212 e. The standard InChI is InChI=1S/C12H15FN2/c13-12-5-4-8(7-14-12)10-6-9-2-1-3-11(10)15-9/h4-5,7,9-11,15H,1-3,6H2/t9-,10-,11+/m1/s1. The molecular weight excluding hydrogens is 191 g/mol. The van der Waals surface area contributed by atoms with Crippen molar-refractivity contribution in [1.29, 1.82) is 0 Å². The predicted octanol–water partition coefficient (Wildman–Crippen LogP) is 2.22. The summed E-state index contributed by atoms with van der Waals surface area (Å²) in [6.45, 7) is 0. The molecule has 1 N–H and O–H groups in total. The Bertz CT molecular complexity index is 349. The van der Waals surface area contributed by atoms with E-state index < -0.39 is 0 Å². The average molecular weight is 206 g/mol. The monoisotopic (exact) mass is 206 g/mol. The van der Waals surface area contributed by atoms with Crippen LogP contribution < -0.4 is 5.32 Å². The highest BCUT2D eigenvalue weighted by Gasteiger charge is 2.37. The minimum absolute atomic E-state index is 0.382. The highest BCUT2D eigenvalue weighted by atomic mass is 19.1.